The fourth-order valence-electron chi connectivity index (χ4n) is 4.48. The summed E-state index contributed by atoms with van der Waals surface area (Å²) in [7, 11) is 0. The Balaban J connectivity index is 1.37. The second-order valence-corrected chi connectivity index (χ2v) is 7.05. The van der Waals surface area contributed by atoms with Crippen LogP contribution in [0.3, 0.4) is 0 Å². The molecule has 122 valence electrons. The molecule has 0 spiro atoms. The Bertz CT molecular complexity index is 458. The molecule has 5 nitrogen and oxygen atoms in total. The minimum Gasteiger partial charge on any atom is -0.381 e. The second-order valence-electron chi connectivity index (χ2n) is 7.05. The van der Waals surface area contributed by atoms with Gasteiger partial charge in [0.05, 0.1) is 19.0 Å². The fourth-order valence-corrected chi connectivity index (χ4v) is 4.48. The molecule has 1 aromatic heterocycles. The molecule has 1 aromatic rings. The van der Waals surface area contributed by atoms with Gasteiger partial charge < -0.3 is 14.0 Å². The predicted molar refractivity (Wildman–Crippen MR) is 83.6 cm³/mol. The summed E-state index contributed by atoms with van der Waals surface area (Å²) in [6.07, 6.45) is 11.3. The second kappa shape index (κ2) is 6.69. The molecule has 1 saturated carbocycles. The van der Waals surface area contributed by atoms with Crippen LogP contribution in [0.25, 0.3) is 0 Å². The standard InChI is InChI=1S/C17H27N3O2/c1-2-16-17(15(1)12-19-6-5-18-13-19)22-10-7-20(16)11-14-3-8-21-9-4-14/h5-6,13-17H,1-4,7-12H2/t15-,16+,17-/m0/s1. The van der Waals surface area contributed by atoms with Gasteiger partial charge in [-0.25, -0.2) is 4.98 Å². The van der Waals surface area contributed by atoms with Gasteiger partial charge in [-0.05, 0) is 31.6 Å². The van der Waals surface area contributed by atoms with Gasteiger partial charge in [-0.3, -0.25) is 4.90 Å². The number of hydrogen-bond donors (Lipinski definition) is 0. The van der Waals surface area contributed by atoms with Gasteiger partial charge in [-0.15, -0.1) is 0 Å². The lowest BCUT2D eigenvalue weighted by molar-refractivity contribution is -0.0835. The Hall–Kier alpha value is -0.910. The van der Waals surface area contributed by atoms with Crippen molar-refractivity contribution in [1.82, 2.24) is 14.5 Å². The lowest BCUT2D eigenvalue weighted by Gasteiger charge is -2.41. The summed E-state index contributed by atoms with van der Waals surface area (Å²) < 4.78 is 13.9. The molecular formula is C17H27N3O2. The zero-order valence-electron chi connectivity index (χ0n) is 13.3. The molecule has 2 aliphatic heterocycles. The number of nitrogens with zero attached hydrogens (tertiary/aromatic N) is 3. The van der Waals surface area contributed by atoms with E-state index in [1.807, 2.05) is 12.5 Å². The van der Waals surface area contributed by atoms with Gasteiger partial charge in [-0.1, -0.05) is 0 Å². The number of rotatable bonds is 4. The van der Waals surface area contributed by atoms with E-state index in [0.29, 0.717) is 18.1 Å². The SMILES string of the molecule is c1cn(C[C@@H]2CC[C@@H]3[C@H]2OCCN3CC2CCOCC2)cn1. The van der Waals surface area contributed by atoms with Gasteiger partial charge >= 0.3 is 0 Å². The lowest BCUT2D eigenvalue weighted by Crippen LogP contribution is -2.52. The first-order chi connectivity index (χ1) is 10.9. The Labute approximate surface area is 132 Å². The quantitative estimate of drug-likeness (QED) is 0.850. The molecule has 3 aliphatic rings. The van der Waals surface area contributed by atoms with Crippen LogP contribution in [0, 0.1) is 11.8 Å². The van der Waals surface area contributed by atoms with E-state index in [1.54, 1.807) is 0 Å². The van der Waals surface area contributed by atoms with E-state index < -0.39 is 0 Å². The minimum atomic E-state index is 0.413. The summed E-state index contributed by atoms with van der Waals surface area (Å²) in [6.45, 7) is 6.19. The van der Waals surface area contributed by atoms with Crippen molar-refractivity contribution in [2.24, 2.45) is 11.8 Å². The highest BCUT2D eigenvalue weighted by atomic mass is 16.5. The smallest absolute Gasteiger partial charge is 0.0946 e. The van der Waals surface area contributed by atoms with Crippen LogP contribution in [0.1, 0.15) is 25.7 Å². The number of fused-ring (bicyclic) bond motifs is 1. The van der Waals surface area contributed by atoms with E-state index in [4.69, 9.17) is 9.47 Å². The number of imidazole rings is 1. The monoisotopic (exact) mass is 305 g/mol. The summed E-state index contributed by atoms with van der Waals surface area (Å²) >= 11 is 0. The summed E-state index contributed by atoms with van der Waals surface area (Å²) in [6, 6.07) is 0.630. The Kier molecular flexibility index (Phi) is 4.46. The molecule has 5 heteroatoms. The van der Waals surface area contributed by atoms with Gasteiger partial charge in [-0.2, -0.15) is 0 Å². The summed E-state index contributed by atoms with van der Waals surface area (Å²) in [5.41, 5.74) is 0. The summed E-state index contributed by atoms with van der Waals surface area (Å²) in [4.78, 5) is 6.88. The van der Waals surface area contributed by atoms with Crippen molar-refractivity contribution >= 4 is 0 Å². The summed E-state index contributed by atoms with van der Waals surface area (Å²) in [5, 5.41) is 0. The molecule has 1 aliphatic carbocycles. The zero-order valence-corrected chi connectivity index (χ0v) is 13.3. The first-order valence-corrected chi connectivity index (χ1v) is 8.79. The van der Waals surface area contributed by atoms with Crippen LogP contribution in [-0.4, -0.2) is 59.5 Å². The van der Waals surface area contributed by atoms with Crippen molar-refractivity contribution in [3.63, 3.8) is 0 Å². The lowest BCUT2D eigenvalue weighted by atomic mass is 9.97. The van der Waals surface area contributed by atoms with E-state index in [-0.39, 0.29) is 0 Å². The van der Waals surface area contributed by atoms with Crippen molar-refractivity contribution in [3.05, 3.63) is 18.7 Å². The first kappa shape index (κ1) is 14.7. The average molecular weight is 305 g/mol. The van der Waals surface area contributed by atoms with Crippen molar-refractivity contribution in [2.45, 2.75) is 44.4 Å². The molecule has 3 heterocycles. The maximum Gasteiger partial charge on any atom is 0.0946 e. The molecular weight excluding hydrogens is 278 g/mol. The van der Waals surface area contributed by atoms with E-state index in [2.05, 4.69) is 20.6 Å². The first-order valence-electron chi connectivity index (χ1n) is 8.79. The third kappa shape index (κ3) is 3.07. The van der Waals surface area contributed by atoms with Crippen LogP contribution < -0.4 is 0 Å². The molecule has 0 amide bonds. The molecule has 3 fully saturated rings. The Morgan fingerprint density at radius 3 is 2.77 bits per heavy atom. The van der Waals surface area contributed by atoms with E-state index in [1.165, 1.54) is 32.2 Å². The molecule has 0 aromatic carbocycles. The maximum atomic E-state index is 6.18. The topological polar surface area (TPSA) is 39.5 Å². The highest BCUT2D eigenvalue weighted by Crippen LogP contribution is 2.36. The van der Waals surface area contributed by atoms with Crippen molar-refractivity contribution in [2.75, 3.05) is 32.9 Å². The molecule has 0 bridgehead atoms. The van der Waals surface area contributed by atoms with Gasteiger partial charge in [0.2, 0.25) is 0 Å². The Morgan fingerprint density at radius 1 is 1.05 bits per heavy atom. The molecule has 0 radical (unpaired) electrons. The van der Waals surface area contributed by atoms with Gasteiger partial charge in [0, 0.05) is 57.2 Å². The molecule has 4 rings (SSSR count). The predicted octanol–water partition coefficient (Wildman–Crippen LogP) is 1.79. The molecule has 2 saturated heterocycles. The van der Waals surface area contributed by atoms with Gasteiger partial charge in [0.25, 0.3) is 0 Å². The van der Waals surface area contributed by atoms with Crippen LogP contribution in [-0.2, 0) is 16.0 Å². The van der Waals surface area contributed by atoms with Crippen molar-refractivity contribution in [1.29, 1.82) is 0 Å². The third-order valence-corrected chi connectivity index (χ3v) is 5.67. The maximum absolute atomic E-state index is 6.18. The fraction of sp³-hybridized carbons (Fsp3) is 0.824. The normalized spacial score (nSPS) is 33.9. The van der Waals surface area contributed by atoms with Gasteiger partial charge in [0.1, 0.15) is 0 Å². The molecule has 0 N–H and O–H groups in total. The van der Waals surface area contributed by atoms with E-state index >= 15 is 0 Å². The van der Waals surface area contributed by atoms with Gasteiger partial charge in [0.15, 0.2) is 0 Å². The van der Waals surface area contributed by atoms with Crippen LogP contribution >= 0.6 is 0 Å². The molecule has 22 heavy (non-hydrogen) atoms. The van der Waals surface area contributed by atoms with E-state index in [0.717, 1.165) is 38.8 Å². The molecule has 0 unspecified atom stereocenters. The third-order valence-electron chi connectivity index (χ3n) is 5.67. The average Bonchev–Trinajstić information content (AvgIpc) is 3.20. The number of ether oxygens (including phenoxy) is 2. The number of aromatic nitrogens is 2. The zero-order chi connectivity index (χ0) is 14.8. The van der Waals surface area contributed by atoms with Crippen LogP contribution in [0.2, 0.25) is 0 Å². The van der Waals surface area contributed by atoms with Crippen LogP contribution in [0.5, 0.6) is 0 Å². The van der Waals surface area contributed by atoms with Crippen molar-refractivity contribution < 1.29 is 9.47 Å². The van der Waals surface area contributed by atoms with Crippen LogP contribution in [0.15, 0.2) is 18.7 Å². The van der Waals surface area contributed by atoms with Crippen LogP contribution in [0.4, 0.5) is 0 Å². The summed E-state index contributed by atoms with van der Waals surface area (Å²) in [5.74, 6) is 1.46. The van der Waals surface area contributed by atoms with Crippen molar-refractivity contribution in [3.8, 4) is 0 Å². The molecule has 3 atom stereocenters. The number of morpholine rings is 1. The minimum absolute atomic E-state index is 0.413. The largest absolute Gasteiger partial charge is 0.381 e. The Morgan fingerprint density at radius 2 is 1.95 bits per heavy atom. The highest BCUT2D eigenvalue weighted by molar-refractivity contribution is 4.96. The van der Waals surface area contributed by atoms with E-state index in [9.17, 15) is 0 Å². The number of hydrogen-bond acceptors (Lipinski definition) is 4. The highest BCUT2D eigenvalue weighted by Gasteiger charge is 2.43.